The summed E-state index contributed by atoms with van der Waals surface area (Å²) < 4.78 is 4.42. The summed E-state index contributed by atoms with van der Waals surface area (Å²) in [6.45, 7) is 0. The van der Waals surface area contributed by atoms with E-state index in [1.807, 2.05) is 0 Å². The van der Waals surface area contributed by atoms with Gasteiger partial charge in [-0.1, -0.05) is 91.0 Å². The third-order valence-corrected chi connectivity index (χ3v) is 12.7. The summed E-state index contributed by atoms with van der Waals surface area (Å²) in [6, 6.07) is 53.5. The zero-order chi connectivity index (χ0) is 35.3. The van der Waals surface area contributed by atoms with Crippen LogP contribution < -0.4 is 4.90 Å². The van der Waals surface area contributed by atoms with Crippen molar-refractivity contribution in [1.29, 1.82) is 0 Å². The topological polar surface area (TPSA) is 51.8 Å². The molecule has 0 spiro atoms. The molecule has 0 atom stereocenters. The van der Waals surface area contributed by atoms with E-state index in [0.29, 0.717) is 29.8 Å². The van der Waals surface area contributed by atoms with E-state index in [1.54, 1.807) is 0 Å². The van der Waals surface area contributed by atoms with Crippen LogP contribution in [0.3, 0.4) is 0 Å². The van der Waals surface area contributed by atoms with E-state index in [-0.39, 0.29) is 0 Å². The van der Waals surface area contributed by atoms with Gasteiger partial charge < -0.3 is 4.90 Å². The van der Waals surface area contributed by atoms with E-state index < -0.39 is 0 Å². The highest BCUT2D eigenvalue weighted by Crippen LogP contribution is 2.50. The van der Waals surface area contributed by atoms with Gasteiger partial charge in [0.15, 0.2) is 5.82 Å². The van der Waals surface area contributed by atoms with Crippen molar-refractivity contribution in [2.45, 2.75) is 44.2 Å². The minimum Gasteiger partial charge on any atom is -0.366 e. The molecule has 13 rings (SSSR count). The molecule has 0 N–H and O–H groups in total. The lowest BCUT2D eigenvalue weighted by atomic mass is 9.63. The first-order chi connectivity index (χ1) is 26.7. The largest absolute Gasteiger partial charge is 0.366 e. The van der Waals surface area contributed by atoms with Crippen molar-refractivity contribution >= 4 is 49.3 Å². The fourth-order valence-electron chi connectivity index (χ4n) is 10.6. The minimum absolute atomic E-state index is 0.601. The standard InChI is InChI=1S/C48H38N6/c1-2-10-32(11-3-1)34-20-23-45-41(29-34)40-14-6-9-17-44(40)54(45)48-50-46(33-18-21-35(22-19-33)52-36-25-30-24-31(27-36)28-37(52)26-30)49-47(51-48)53-42-15-7-4-12-38(42)39-13-5-8-16-43(39)53/h1-23,29-31,36-37H,24-28H2. The maximum atomic E-state index is 5.36. The summed E-state index contributed by atoms with van der Waals surface area (Å²) in [5.41, 5.74) is 8.97. The number of benzene rings is 6. The molecule has 4 fully saturated rings. The van der Waals surface area contributed by atoms with Crippen molar-refractivity contribution in [2.75, 3.05) is 4.90 Å². The Hall–Kier alpha value is -6.27. The fraction of sp³-hybridized carbons (Fsp3) is 0.188. The highest BCUT2D eigenvalue weighted by Gasteiger charge is 2.46. The number of nitrogens with zero attached hydrogens (tertiary/aromatic N) is 6. The van der Waals surface area contributed by atoms with Crippen LogP contribution in [0.1, 0.15) is 32.1 Å². The summed E-state index contributed by atoms with van der Waals surface area (Å²) >= 11 is 0. The Balaban J connectivity index is 1.07. The van der Waals surface area contributed by atoms with Crippen LogP contribution in [0.2, 0.25) is 0 Å². The summed E-state index contributed by atoms with van der Waals surface area (Å²) in [5, 5.41) is 4.69. The Morgan fingerprint density at radius 2 is 0.870 bits per heavy atom. The lowest BCUT2D eigenvalue weighted by molar-refractivity contribution is 0.0900. The van der Waals surface area contributed by atoms with Gasteiger partial charge >= 0.3 is 0 Å². The molecular formula is C48H38N6. The molecule has 2 aliphatic heterocycles. The highest BCUT2D eigenvalue weighted by atomic mass is 15.3. The van der Waals surface area contributed by atoms with Crippen molar-refractivity contribution in [1.82, 2.24) is 24.1 Å². The van der Waals surface area contributed by atoms with Crippen molar-refractivity contribution in [2.24, 2.45) is 11.8 Å². The molecule has 5 heterocycles. The predicted molar refractivity (Wildman–Crippen MR) is 219 cm³/mol. The first kappa shape index (κ1) is 30.2. The molecule has 0 amide bonds. The number of hydrogen-bond donors (Lipinski definition) is 0. The van der Waals surface area contributed by atoms with E-state index in [1.165, 1.54) is 70.5 Å². The Morgan fingerprint density at radius 1 is 0.389 bits per heavy atom. The lowest BCUT2D eigenvalue weighted by Crippen LogP contribution is -2.58. The first-order valence-corrected chi connectivity index (χ1v) is 19.5. The molecule has 6 aromatic carbocycles. The molecule has 6 nitrogen and oxygen atoms in total. The van der Waals surface area contributed by atoms with E-state index in [4.69, 9.17) is 15.0 Å². The fourth-order valence-corrected chi connectivity index (χ4v) is 10.6. The molecule has 0 unspecified atom stereocenters. The maximum Gasteiger partial charge on any atom is 0.240 e. The van der Waals surface area contributed by atoms with Gasteiger partial charge in [-0.2, -0.15) is 15.0 Å². The molecule has 260 valence electrons. The van der Waals surface area contributed by atoms with E-state index in [9.17, 15) is 0 Å². The average molecular weight is 699 g/mol. The zero-order valence-electron chi connectivity index (χ0n) is 29.9. The Kier molecular flexibility index (Phi) is 6.50. The van der Waals surface area contributed by atoms with Gasteiger partial charge in [-0.15, -0.1) is 0 Å². The predicted octanol–water partition coefficient (Wildman–Crippen LogP) is 11.2. The third kappa shape index (κ3) is 4.55. The smallest absolute Gasteiger partial charge is 0.240 e. The van der Waals surface area contributed by atoms with Gasteiger partial charge in [0.05, 0.1) is 22.1 Å². The third-order valence-electron chi connectivity index (χ3n) is 12.7. The SMILES string of the molecule is c1ccc(-c2ccc3c(c2)c2ccccc2n3-c2nc(-c3ccc(N4C5CC6CC(C5)CC4C6)cc3)nc(-n3c4ccccc4c4ccccc43)n2)cc1. The van der Waals surface area contributed by atoms with Crippen molar-refractivity contribution in [3.63, 3.8) is 0 Å². The van der Waals surface area contributed by atoms with Gasteiger partial charge in [-0.3, -0.25) is 9.13 Å². The van der Waals surface area contributed by atoms with Crippen LogP contribution in [0.15, 0.2) is 146 Å². The molecule has 2 aliphatic carbocycles. The zero-order valence-corrected chi connectivity index (χ0v) is 29.9. The van der Waals surface area contributed by atoms with Gasteiger partial charge in [-0.05, 0) is 110 Å². The van der Waals surface area contributed by atoms with Crippen LogP contribution in [-0.2, 0) is 0 Å². The molecule has 9 aromatic rings. The van der Waals surface area contributed by atoms with Crippen molar-refractivity contribution < 1.29 is 0 Å². The molecule has 6 heteroatoms. The van der Waals surface area contributed by atoms with Gasteiger partial charge in [-0.25, -0.2) is 0 Å². The normalized spacial score (nSPS) is 20.6. The van der Waals surface area contributed by atoms with Crippen molar-refractivity contribution in [3.8, 4) is 34.4 Å². The molecule has 2 saturated heterocycles. The molecule has 4 bridgehead atoms. The number of aromatic nitrogens is 5. The second-order valence-corrected chi connectivity index (χ2v) is 15.8. The Bertz CT molecular complexity index is 2820. The monoisotopic (exact) mass is 698 g/mol. The Labute approximate surface area is 313 Å². The van der Waals surface area contributed by atoms with E-state index in [2.05, 4.69) is 160 Å². The number of anilines is 1. The molecular weight excluding hydrogens is 661 g/mol. The summed E-state index contributed by atoms with van der Waals surface area (Å²) in [6.07, 6.45) is 6.84. The minimum atomic E-state index is 0.601. The summed E-state index contributed by atoms with van der Waals surface area (Å²) in [4.78, 5) is 18.7. The van der Waals surface area contributed by atoms with Crippen LogP contribution in [0, 0.1) is 11.8 Å². The Morgan fingerprint density at radius 3 is 1.44 bits per heavy atom. The van der Waals surface area contributed by atoms with Gasteiger partial charge in [0.25, 0.3) is 0 Å². The lowest BCUT2D eigenvalue weighted by Gasteiger charge is -2.57. The number of rotatable bonds is 5. The van der Waals surface area contributed by atoms with Crippen LogP contribution >= 0.6 is 0 Å². The van der Waals surface area contributed by atoms with E-state index in [0.717, 1.165) is 39.5 Å². The highest BCUT2D eigenvalue weighted by molar-refractivity contribution is 6.11. The van der Waals surface area contributed by atoms with Crippen LogP contribution in [0.5, 0.6) is 0 Å². The van der Waals surface area contributed by atoms with Crippen LogP contribution in [0.4, 0.5) is 5.69 Å². The van der Waals surface area contributed by atoms with Gasteiger partial charge in [0, 0.05) is 44.9 Å². The maximum absolute atomic E-state index is 5.36. The molecule has 0 radical (unpaired) electrons. The van der Waals surface area contributed by atoms with Crippen LogP contribution in [-0.4, -0.2) is 36.2 Å². The quantitative estimate of drug-likeness (QED) is 0.180. The summed E-state index contributed by atoms with van der Waals surface area (Å²) in [5.74, 6) is 3.72. The second kappa shape index (κ2) is 11.6. The summed E-state index contributed by atoms with van der Waals surface area (Å²) in [7, 11) is 0. The molecule has 4 aliphatic rings. The first-order valence-electron chi connectivity index (χ1n) is 19.5. The number of para-hydroxylation sites is 3. The number of fused-ring (bicyclic) bond motifs is 6. The molecule has 2 saturated carbocycles. The number of piperidine rings is 2. The molecule has 3 aromatic heterocycles. The van der Waals surface area contributed by atoms with Crippen LogP contribution in [0.25, 0.3) is 78.0 Å². The van der Waals surface area contributed by atoms with Gasteiger partial charge in [0.1, 0.15) is 0 Å². The van der Waals surface area contributed by atoms with Crippen molar-refractivity contribution in [3.05, 3.63) is 146 Å². The average Bonchev–Trinajstić information content (AvgIpc) is 3.74. The number of hydrogen-bond acceptors (Lipinski definition) is 4. The van der Waals surface area contributed by atoms with E-state index >= 15 is 0 Å². The second-order valence-electron chi connectivity index (χ2n) is 15.8. The molecule has 54 heavy (non-hydrogen) atoms. The van der Waals surface area contributed by atoms with Gasteiger partial charge in [0.2, 0.25) is 11.9 Å².